The SMILES string of the molecule is CC(N)C1CCN(C(=O)C2CCCN2C(=O)c2ccccc2)CC1. The van der Waals surface area contributed by atoms with Crippen LogP contribution >= 0.6 is 0 Å². The lowest BCUT2D eigenvalue weighted by molar-refractivity contribution is -0.136. The summed E-state index contributed by atoms with van der Waals surface area (Å²) in [5.74, 6) is 0.580. The van der Waals surface area contributed by atoms with Crippen LogP contribution in [0, 0.1) is 5.92 Å². The third-order valence-corrected chi connectivity index (χ3v) is 5.41. The molecule has 2 amide bonds. The van der Waals surface area contributed by atoms with Crippen LogP contribution in [0.3, 0.4) is 0 Å². The fourth-order valence-corrected chi connectivity index (χ4v) is 3.87. The van der Waals surface area contributed by atoms with Crippen LogP contribution in [0.2, 0.25) is 0 Å². The summed E-state index contributed by atoms with van der Waals surface area (Å²) in [6.45, 7) is 4.23. The van der Waals surface area contributed by atoms with Gasteiger partial charge in [0.2, 0.25) is 5.91 Å². The number of amides is 2. The molecule has 2 saturated heterocycles. The second-order valence-corrected chi connectivity index (χ2v) is 7.04. The molecule has 0 spiro atoms. The van der Waals surface area contributed by atoms with Crippen LogP contribution in [0.15, 0.2) is 30.3 Å². The van der Waals surface area contributed by atoms with Crippen molar-refractivity contribution >= 4 is 11.8 Å². The van der Waals surface area contributed by atoms with Crippen LogP contribution in [0.1, 0.15) is 43.0 Å². The number of carbonyl (C=O) groups excluding carboxylic acids is 2. The number of rotatable bonds is 3. The van der Waals surface area contributed by atoms with Crippen molar-refractivity contribution in [3.05, 3.63) is 35.9 Å². The van der Waals surface area contributed by atoms with Crippen LogP contribution in [0.4, 0.5) is 0 Å². The van der Waals surface area contributed by atoms with Gasteiger partial charge >= 0.3 is 0 Å². The van der Waals surface area contributed by atoms with Gasteiger partial charge < -0.3 is 15.5 Å². The van der Waals surface area contributed by atoms with Gasteiger partial charge in [-0.2, -0.15) is 0 Å². The molecular weight excluding hydrogens is 302 g/mol. The molecule has 5 nitrogen and oxygen atoms in total. The van der Waals surface area contributed by atoms with E-state index in [1.807, 2.05) is 42.2 Å². The average Bonchev–Trinajstić information content (AvgIpc) is 3.11. The predicted molar refractivity (Wildman–Crippen MR) is 93.5 cm³/mol. The van der Waals surface area contributed by atoms with Crippen molar-refractivity contribution in [2.24, 2.45) is 11.7 Å². The van der Waals surface area contributed by atoms with Crippen molar-refractivity contribution in [1.82, 2.24) is 9.80 Å². The van der Waals surface area contributed by atoms with E-state index in [0.717, 1.165) is 38.8 Å². The van der Waals surface area contributed by atoms with E-state index in [0.29, 0.717) is 18.0 Å². The van der Waals surface area contributed by atoms with E-state index in [-0.39, 0.29) is 23.9 Å². The van der Waals surface area contributed by atoms with Gasteiger partial charge in [0.25, 0.3) is 5.91 Å². The average molecular weight is 329 g/mol. The molecule has 1 aromatic rings. The molecule has 130 valence electrons. The van der Waals surface area contributed by atoms with E-state index in [1.165, 1.54) is 0 Å². The van der Waals surface area contributed by atoms with Gasteiger partial charge in [-0.15, -0.1) is 0 Å². The van der Waals surface area contributed by atoms with Crippen molar-refractivity contribution in [1.29, 1.82) is 0 Å². The second-order valence-electron chi connectivity index (χ2n) is 7.04. The molecule has 5 heteroatoms. The third-order valence-electron chi connectivity index (χ3n) is 5.41. The minimum atomic E-state index is -0.301. The van der Waals surface area contributed by atoms with Crippen LogP contribution < -0.4 is 5.73 Å². The first kappa shape index (κ1) is 17.0. The number of nitrogens with zero attached hydrogens (tertiary/aromatic N) is 2. The topological polar surface area (TPSA) is 66.6 Å². The molecule has 24 heavy (non-hydrogen) atoms. The summed E-state index contributed by atoms with van der Waals surface area (Å²) in [6, 6.07) is 9.13. The van der Waals surface area contributed by atoms with Crippen LogP contribution in [0.25, 0.3) is 0 Å². The van der Waals surface area contributed by atoms with Crippen LogP contribution in [0.5, 0.6) is 0 Å². The minimum Gasteiger partial charge on any atom is -0.341 e. The molecular formula is C19H27N3O2. The molecule has 2 atom stereocenters. The van der Waals surface area contributed by atoms with Gasteiger partial charge in [0.15, 0.2) is 0 Å². The first-order valence-corrected chi connectivity index (χ1v) is 8.98. The molecule has 0 saturated carbocycles. The van der Waals surface area contributed by atoms with E-state index in [9.17, 15) is 9.59 Å². The van der Waals surface area contributed by atoms with Crippen molar-refractivity contribution in [3.8, 4) is 0 Å². The van der Waals surface area contributed by atoms with Crippen molar-refractivity contribution in [3.63, 3.8) is 0 Å². The maximum atomic E-state index is 12.9. The van der Waals surface area contributed by atoms with Gasteiger partial charge in [-0.25, -0.2) is 0 Å². The summed E-state index contributed by atoms with van der Waals surface area (Å²) in [6.07, 6.45) is 3.58. The lowest BCUT2D eigenvalue weighted by Gasteiger charge is -2.36. The zero-order chi connectivity index (χ0) is 17.1. The van der Waals surface area contributed by atoms with E-state index in [2.05, 4.69) is 0 Å². The fraction of sp³-hybridized carbons (Fsp3) is 0.579. The van der Waals surface area contributed by atoms with Crippen LogP contribution in [-0.2, 0) is 4.79 Å². The summed E-state index contributed by atoms with van der Waals surface area (Å²) < 4.78 is 0. The first-order chi connectivity index (χ1) is 11.6. The highest BCUT2D eigenvalue weighted by Crippen LogP contribution is 2.25. The molecule has 2 heterocycles. The quantitative estimate of drug-likeness (QED) is 0.921. The van der Waals surface area contributed by atoms with Crippen molar-refractivity contribution in [2.45, 2.75) is 44.7 Å². The molecule has 0 aromatic heterocycles. The molecule has 2 unspecified atom stereocenters. The molecule has 2 N–H and O–H groups in total. The lowest BCUT2D eigenvalue weighted by atomic mass is 9.90. The Kier molecular flexibility index (Phi) is 5.19. The normalized spacial score (nSPS) is 23.3. The van der Waals surface area contributed by atoms with Crippen molar-refractivity contribution < 1.29 is 9.59 Å². The lowest BCUT2D eigenvalue weighted by Crippen LogP contribution is -2.51. The fourth-order valence-electron chi connectivity index (χ4n) is 3.87. The largest absolute Gasteiger partial charge is 0.341 e. The monoisotopic (exact) mass is 329 g/mol. The molecule has 1 aromatic carbocycles. The maximum Gasteiger partial charge on any atom is 0.254 e. The standard InChI is InChI=1S/C19H27N3O2/c1-14(20)15-9-12-21(13-10-15)19(24)17-8-5-11-22(17)18(23)16-6-3-2-4-7-16/h2-4,6-7,14-15,17H,5,8-13,20H2,1H3. The van der Waals surface area contributed by atoms with E-state index in [1.54, 1.807) is 4.90 Å². The molecule has 2 aliphatic heterocycles. The van der Waals surface area contributed by atoms with E-state index < -0.39 is 0 Å². The number of nitrogens with two attached hydrogens (primary N) is 1. The highest BCUT2D eigenvalue weighted by molar-refractivity contribution is 5.97. The number of hydrogen-bond acceptors (Lipinski definition) is 3. The molecule has 0 aliphatic carbocycles. The number of piperidine rings is 1. The summed E-state index contributed by atoms with van der Waals surface area (Å²) in [4.78, 5) is 29.3. The van der Waals surface area contributed by atoms with Gasteiger partial charge in [0.1, 0.15) is 6.04 Å². The minimum absolute atomic E-state index is 0.0306. The first-order valence-electron chi connectivity index (χ1n) is 8.98. The highest BCUT2D eigenvalue weighted by Gasteiger charge is 2.38. The third kappa shape index (κ3) is 3.46. The predicted octanol–water partition coefficient (Wildman–Crippen LogP) is 1.88. The van der Waals surface area contributed by atoms with Gasteiger partial charge in [-0.1, -0.05) is 18.2 Å². The van der Waals surface area contributed by atoms with Crippen molar-refractivity contribution in [2.75, 3.05) is 19.6 Å². The maximum absolute atomic E-state index is 12.9. The van der Waals surface area contributed by atoms with Gasteiger partial charge in [-0.05, 0) is 50.7 Å². The Balaban J connectivity index is 1.65. The Morgan fingerprint density at radius 1 is 1.08 bits per heavy atom. The highest BCUT2D eigenvalue weighted by atomic mass is 16.2. The molecule has 0 bridgehead atoms. The Hall–Kier alpha value is -1.88. The number of hydrogen-bond donors (Lipinski definition) is 1. The zero-order valence-corrected chi connectivity index (χ0v) is 14.4. The van der Waals surface area contributed by atoms with Gasteiger partial charge in [0, 0.05) is 31.2 Å². The Labute approximate surface area is 143 Å². The smallest absolute Gasteiger partial charge is 0.254 e. The number of benzene rings is 1. The van der Waals surface area contributed by atoms with Gasteiger partial charge in [-0.3, -0.25) is 9.59 Å². The zero-order valence-electron chi connectivity index (χ0n) is 14.4. The molecule has 2 fully saturated rings. The summed E-state index contributed by atoms with van der Waals surface area (Å²) in [5, 5.41) is 0. The molecule has 0 radical (unpaired) electrons. The van der Waals surface area contributed by atoms with Gasteiger partial charge in [0.05, 0.1) is 0 Å². The summed E-state index contributed by atoms with van der Waals surface area (Å²) in [7, 11) is 0. The second kappa shape index (κ2) is 7.34. The van der Waals surface area contributed by atoms with E-state index in [4.69, 9.17) is 5.73 Å². The number of likely N-dealkylation sites (tertiary alicyclic amines) is 2. The Morgan fingerprint density at radius 3 is 2.38 bits per heavy atom. The Morgan fingerprint density at radius 2 is 1.75 bits per heavy atom. The summed E-state index contributed by atoms with van der Waals surface area (Å²) >= 11 is 0. The van der Waals surface area contributed by atoms with E-state index >= 15 is 0 Å². The number of carbonyl (C=O) groups is 2. The van der Waals surface area contributed by atoms with Crippen LogP contribution in [-0.4, -0.2) is 53.3 Å². The Bertz CT molecular complexity index is 580. The molecule has 3 rings (SSSR count). The molecule has 2 aliphatic rings. The summed E-state index contributed by atoms with van der Waals surface area (Å²) in [5.41, 5.74) is 6.64.